The van der Waals surface area contributed by atoms with Gasteiger partial charge in [0.1, 0.15) is 0 Å². The summed E-state index contributed by atoms with van der Waals surface area (Å²) < 4.78 is 2.29. The Morgan fingerprint density at radius 2 is 2.55 bits per heavy atom. The van der Waals surface area contributed by atoms with Crippen LogP contribution in [0.25, 0.3) is 0 Å². The lowest BCUT2D eigenvalue weighted by Gasteiger charge is -2.07. The van der Waals surface area contributed by atoms with Crippen molar-refractivity contribution >= 4 is 11.9 Å². The number of rotatable bonds is 2. The molecular formula is C9H13NS. The van der Waals surface area contributed by atoms with E-state index in [1.165, 1.54) is 6.42 Å². The van der Waals surface area contributed by atoms with Crippen LogP contribution in [0.5, 0.6) is 0 Å². The van der Waals surface area contributed by atoms with Gasteiger partial charge >= 0.3 is 0 Å². The summed E-state index contributed by atoms with van der Waals surface area (Å²) in [5.41, 5.74) is 0. The van der Waals surface area contributed by atoms with Crippen LogP contribution < -0.4 is 0 Å². The Balaban J connectivity index is 2.27. The first kappa shape index (κ1) is 8.70. The largest absolute Gasteiger partial charge is 0.239 e. The Labute approximate surface area is 73.0 Å². The van der Waals surface area contributed by atoms with E-state index in [2.05, 4.69) is 22.1 Å². The van der Waals surface area contributed by atoms with Crippen molar-refractivity contribution in [1.29, 1.82) is 0 Å². The maximum absolute atomic E-state index is 3.79. The van der Waals surface area contributed by atoms with E-state index < -0.39 is 0 Å². The maximum Gasteiger partial charge on any atom is 0.0162 e. The normalized spacial score (nSPS) is 24.3. The first-order valence-corrected chi connectivity index (χ1v) is 4.60. The van der Waals surface area contributed by atoms with Crippen LogP contribution in [0.2, 0.25) is 0 Å². The SMILES string of the molecule is C=CC1CCN(SC#CC)C1. The fraction of sp³-hybridized carbons (Fsp3) is 0.556. The molecule has 1 heterocycles. The van der Waals surface area contributed by atoms with Crippen LogP contribution in [0.3, 0.4) is 0 Å². The van der Waals surface area contributed by atoms with Gasteiger partial charge in [0.2, 0.25) is 0 Å². The van der Waals surface area contributed by atoms with Gasteiger partial charge in [-0.05, 0) is 24.5 Å². The average molecular weight is 167 g/mol. The summed E-state index contributed by atoms with van der Waals surface area (Å²) in [7, 11) is 0. The van der Waals surface area contributed by atoms with Gasteiger partial charge in [0.25, 0.3) is 0 Å². The highest BCUT2D eigenvalue weighted by Crippen LogP contribution is 2.22. The van der Waals surface area contributed by atoms with Crippen molar-refractivity contribution in [2.45, 2.75) is 13.3 Å². The van der Waals surface area contributed by atoms with Crippen LogP contribution in [0.4, 0.5) is 0 Å². The van der Waals surface area contributed by atoms with Gasteiger partial charge in [0.15, 0.2) is 0 Å². The van der Waals surface area contributed by atoms with Gasteiger partial charge in [-0.25, -0.2) is 4.31 Å². The molecule has 0 aliphatic carbocycles. The lowest BCUT2D eigenvalue weighted by molar-refractivity contribution is 0.572. The van der Waals surface area contributed by atoms with Gasteiger partial charge in [-0.1, -0.05) is 12.0 Å². The molecule has 0 aromatic carbocycles. The second-order valence-corrected chi connectivity index (χ2v) is 3.52. The summed E-state index contributed by atoms with van der Waals surface area (Å²) >= 11 is 1.63. The molecule has 0 amide bonds. The van der Waals surface area contributed by atoms with Crippen molar-refractivity contribution in [2.24, 2.45) is 5.92 Å². The smallest absolute Gasteiger partial charge is 0.0162 e. The molecule has 1 aliphatic heterocycles. The van der Waals surface area contributed by atoms with Crippen LogP contribution in [0, 0.1) is 17.1 Å². The fourth-order valence-electron chi connectivity index (χ4n) is 1.14. The summed E-state index contributed by atoms with van der Waals surface area (Å²) in [6, 6.07) is 0. The minimum absolute atomic E-state index is 0.682. The van der Waals surface area contributed by atoms with Crippen LogP contribution in [-0.4, -0.2) is 17.4 Å². The Bertz CT molecular complexity index is 189. The highest BCUT2D eigenvalue weighted by molar-refractivity contribution is 8.01. The van der Waals surface area contributed by atoms with E-state index in [9.17, 15) is 0 Å². The highest BCUT2D eigenvalue weighted by atomic mass is 32.2. The molecule has 1 atom stereocenters. The minimum Gasteiger partial charge on any atom is -0.239 e. The Morgan fingerprint density at radius 1 is 1.73 bits per heavy atom. The number of nitrogens with zero attached hydrogens (tertiary/aromatic N) is 1. The van der Waals surface area contributed by atoms with E-state index >= 15 is 0 Å². The van der Waals surface area contributed by atoms with Gasteiger partial charge in [0.05, 0.1) is 0 Å². The molecule has 0 saturated carbocycles. The molecule has 1 unspecified atom stereocenters. The number of hydrogen-bond donors (Lipinski definition) is 0. The summed E-state index contributed by atoms with van der Waals surface area (Å²) in [5.74, 6) is 3.55. The van der Waals surface area contributed by atoms with Crippen molar-refractivity contribution in [3.05, 3.63) is 12.7 Å². The van der Waals surface area contributed by atoms with Crippen molar-refractivity contribution in [3.63, 3.8) is 0 Å². The summed E-state index contributed by atoms with van der Waals surface area (Å²) in [5, 5.41) is 2.99. The standard InChI is InChI=1S/C9H13NS/c1-3-7-11-10-6-5-9(4-2)8-10/h4,9H,2,5-6,8H2,1H3. The summed E-state index contributed by atoms with van der Waals surface area (Å²) in [6.07, 6.45) is 3.28. The van der Waals surface area contributed by atoms with E-state index in [1.54, 1.807) is 11.9 Å². The van der Waals surface area contributed by atoms with Crippen molar-refractivity contribution in [3.8, 4) is 11.2 Å². The molecule has 1 fully saturated rings. The van der Waals surface area contributed by atoms with E-state index in [4.69, 9.17) is 0 Å². The van der Waals surface area contributed by atoms with Gasteiger partial charge in [-0.15, -0.1) is 6.58 Å². The topological polar surface area (TPSA) is 3.24 Å². The Hall–Kier alpha value is -0.390. The third kappa shape index (κ3) is 2.61. The molecule has 2 heteroatoms. The lowest BCUT2D eigenvalue weighted by atomic mass is 10.1. The van der Waals surface area contributed by atoms with E-state index in [-0.39, 0.29) is 0 Å². The quantitative estimate of drug-likeness (QED) is 0.352. The molecule has 0 spiro atoms. The third-order valence-electron chi connectivity index (χ3n) is 1.80. The van der Waals surface area contributed by atoms with Crippen LogP contribution in [0.15, 0.2) is 12.7 Å². The summed E-state index contributed by atoms with van der Waals surface area (Å²) in [6.45, 7) is 7.92. The number of hydrogen-bond acceptors (Lipinski definition) is 2. The molecule has 1 rings (SSSR count). The molecule has 60 valence electrons. The minimum atomic E-state index is 0.682. The van der Waals surface area contributed by atoms with Crippen molar-refractivity contribution in [2.75, 3.05) is 13.1 Å². The molecule has 11 heavy (non-hydrogen) atoms. The molecule has 1 aliphatic rings. The van der Waals surface area contributed by atoms with Crippen LogP contribution >= 0.6 is 11.9 Å². The van der Waals surface area contributed by atoms with Crippen molar-refractivity contribution in [1.82, 2.24) is 4.31 Å². The molecule has 0 N–H and O–H groups in total. The Kier molecular flexibility index (Phi) is 3.55. The van der Waals surface area contributed by atoms with Gasteiger partial charge < -0.3 is 0 Å². The molecule has 1 nitrogen and oxygen atoms in total. The Morgan fingerprint density at radius 3 is 3.09 bits per heavy atom. The monoisotopic (exact) mass is 167 g/mol. The molecular weight excluding hydrogens is 154 g/mol. The van der Waals surface area contributed by atoms with Gasteiger partial charge in [-0.3, -0.25) is 0 Å². The average Bonchev–Trinajstić information content (AvgIpc) is 2.48. The fourth-order valence-corrected chi connectivity index (χ4v) is 1.82. The predicted octanol–water partition coefficient (Wildman–Crippen LogP) is 2.12. The zero-order chi connectivity index (χ0) is 8.10. The van der Waals surface area contributed by atoms with E-state index in [0.717, 1.165) is 13.1 Å². The van der Waals surface area contributed by atoms with Crippen LogP contribution in [-0.2, 0) is 0 Å². The second kappa shape index (κ2) is 4.48. The molecule has 0 radical (unpaired) electrons. The first-order chi connectivity index (χ1) is 5.36. The molecule has 0 aromatic rings. The zero-order valence-electron chi connectivity index (χ0n) is 6.84. The zero-order valence-corrected chi connectivity index (χ0v) is 7.66. The third-order valence-corrected chi connectivity index (χ3v) is 2.68. The predicted molar refractivity (Wildman–Crippen MR) is 50.9 cm³/mol. The van der Waals surface area contributed by atoms with Crippen LogP contribution in [0.1, 0.15) is 13.3 Å². The molecule has 0 aromatic heterocycles. The van der Waals surface area contributed by atoms with Gasteiger partial charge in [-0.2, -0.15) is 0 Å². The molecule has 0 bridgehead atoms. The van der Waals surface area contributed by atoms with E-state index in [1.807, 2.05) is 13.0 Å². The van der Waals surface area contributed by atoms with Gasteiger partial charge in [0, 0.05) is 25.0 Å². The lowest BCUT2D eigenvalue weighted by Crippen LogP contribution is -2.09. The van der Waals surface area contributed by atoms with Crippen molar-refractivity contribution < 1.29 is 0 Å². The summed E-state index contributed by atoms with van der Waals surface area (Å²) in [4.78, 5) is 0. The van der Waals surface area contributed by atoms with E-state index in [0.29, 0.717) is 5.92 Å². The second-order valence-electron chi connectivity index (χ2n) is 2.62. The highest BCUT2D eigenvalue weighted by Gasteiger charge is 2.19. The first-order valence-electron chi connectivity index (χ1n) is 3.83. The maximum atomic E-state index is 3.79. The molecule has 1 saturated heterocycles.